The van der Waals surface area contributed by atoms with Crippen molar-refractivity contribution in [2.24, 2.45) is 56.7 Å². The van der Waals surface area contributed by atoms with Crippen molar-refractivity contribution in [1.82, 2.24) is 10.6 Å². The molecule has 50 heavy (non-hydrogen) atoms. The van der Waals surface area contributed by atoms with Crippen LogP contribution in [0.5, 0.6) is 0 Å². The molecule has 0 unspecified atom stereocenters. The van der Waals surface area contributed by atoms with Gasteiger partial charge in [0.25, 0.3) is 0 Å². The highest BCUT2D eigenvalue weighted by molar-refractivity contribution is 7.80. The molecule has 5 aliphatic rings. The number of benzene rings is 1. The minimum Gasteiger partial charge on any atom is -0.361 e. The lowest BCUT2D eigenvalue weighted by Crippen LogP contribution is -2.65. The van der Waals surface area contributed by atoms with Crippen molar-refractivity contribution in [2.45, 2.75) is 106 Å². The van der Waals surface area contributed by atoms with E-state index in [2.05, 4.69) is 77.1 Å². The molecule has 0 heterocycles. The van der Waals surface area contributed by atoms with E-state index in [4.69, 9.17) is 12.2 Å². The third kappa shape index (κ3) is 5.58. The third-order valence-electron chi connectivity index (χ3n) is 15.2. The van der Waals surface area contributed by atoms with E-state index in [1.165, 1.54) is 17.7 Å². The molecule has 0 saturated heterocycles. The van der Waals surface area contributed by atoms with E-state index in [0.29, 0.717) is 42.4 Å². The van der Waals surface area contributed by atoms with Crippen molar-refractivity contribution in [2.75, 3.05) is 18.4 Å². The Hall–Kier alpha value is -2.68. The van der Waals surface area contributed by atoms with E-state index in [1.807, 2.05) is 0 Å². The quantitative estimate of drug-likeness (QED) is 0.123. The molecule has 4 fully saturated rings. The maximum absolute atomic E-state index is 14.4. The molecular formula is C41H56F3N3O2S. The summed E-state index contributed by atoms with van der Waals surface area (Å²) in [5.74, 6) is 2.20. The SMILES string of the molecule is C=C1C[C@]2(C)[C@H]3CC=C4[C@@H]5[C@@H](C)[C@H](C)CC[C@]5(C(=O)NCCNC(=S)Nc5ccc(C(F)(F)F)cc5)CC[C@@]4(C)[C@]3(C)CC[C@H]2C(C)(C)C1=O. The maximum atomic E-state index is 14.4. The predicted octanol–water partition coefficient (Wildman–Crippen LogP) is 9.50. The minimum atomic E-state index is -4.39. The van der Waals surface area contributed by atoms with Gasteiger partial charge in [-0.15, -0.1) is 0 Å². The first-order valence-electron chi connectivity index (χ1n) is 18.7. The Balaban J connectivity index is 1.18. The number of halogens is 3. The Bertz CT molecular complexity index is 1600. The van der Waals surface area contributed by atoms with Gasteiger partial charge in [0.15, 0.2) is 10.9 Å². The Labute approximate surface area is 302 Å². The lowest BCUT2D eigenvalue weighted by Gasteiger charge is -2.71. The van der Waals surface area contributed by atoms with E-state index in [1.54, 1.807) is 0 Å². The summed E-state index contributed by atoms with van der Waals surface area (Å²) in [5.41, 5.74) is 1.19. The van der Waals surface area contributed by atoms with Crippen LogP contribution in [0.1, 0.15) is 105 Å². The Kier molecular flexibility index (Phi) is 9.26. The number of thiocarbonyl (C=S) groups is 1. The standard InChI is InChI=1S/C41H56F3N3O2S/c1-24-15-18-40(34(49)45-21-22-46-35(50)47-28-11-9-27(10-12-28)41(42,43)44)20-19-38(7)29(32(40)26(24)3)13-14-31-37(6)23-25(2)33(48)36(4,5)30(37)16-17-39(31,38)8/h9-13,24,26,30-32H,2,14-23H2,1,3-8H3,(H,45,49)(H2,46,47,50)/t24-,26+,30+,31-,32+,37+,38-,39-,40+/m1/s1. The van der Waals surface area contributed by atoms with Crippen LogP contribution < -0.4 is 16.0 Å². The Morgan fingerprint density at radius 2 is 1.60 bits per heavy atom. The molecule has 4 saturated carbocycles. The molecule has 0 radical (unpaired) electrons. The van der Waals surface area contributed by atoms with Crippen molar-refractivity contribution in [3.8, 4) is 0 Å². The molecule has 1 aromatic carbocycles. The molecule has 9 heteroatoms. The topological polar surface area (TPSA) is 70.2 Å². The fraction of sp³-hybridized carbons (Fsp3) is 0.683. The summed E-state index contributed by atoms with van der Waals surface area (Å²) in [6.07, 6.45) is 5.79. The summed E-state index contributed by atoms with van der Waals surface area (Å²) >= 11 is 5.38. The van der Waals surface area contributed by atoms with E-state index in [9.17, 15) is 22.8 Å². The summed E-state index contributed by atoms with van der Waals surface area (Å²) in [6.45, 7) is 21.6. The molecule has 0 spiro atoms. The normalized spacial score (nSPS) is 39.2. The zero-order valence-corrected chi connectivity index (χ0v) is 31.7. The van der Waals surface area contributed by atoms with Crippen LogP contribution in [0.2, 0.25) is 0 Å². The number of carbonyl (C=O) groups excluding carboxylic acids is 2. The summed E-state index contributed by atoms with van der Waals surface area (Å²) in [5, 5.41) is 9.58. The minimum absolute atomic E-state index is 0.00112. The fourth-order valence-corrected chi connectivity index (χ4v) is 12.5. The first-order valence-corrected chi connectivity index (χ1v) is 19.1. The predicted molar refractivity (Wildman–Crippen MR) is 197 cm³/mol. The molecule has 5 nitrogen and oxygen atoms in total. The Morgan fingerprint density at radius 1 is 0.940 bits per heavy atom. The second kappa shape index (κ2) is 12.5. The number of carbonyl (C=O) groups is 2. The molecular weight excluding hydrogens is 656 g/mol. The van der Waals surface area contributed by atoms with Crippen LogP contribution in [-0.2, 0) is 15.8 Å². The van der Waals surface area contributed by atoms with Crippen molar-refractivity contribution in [3.63, 3.8) is 0 Å². The second-order valence-electron chi connectivity index (χ2n) is 17.8. The average Bonchev–Trinajstić information content (AvgIpc) is 3.03. The molecule has 0 aromatic heterocycles. The van der Waals surface area contributed by atoms with Gasteiger partial charge in [0.1, 0.15) is 0 Å². The van der Waals surface area contributed by atoms with Gasteiger partial charge in [0.05, 0.1) is 11.0 Å². The number of allylic oxidation sites excluding steroid dienone is 3. The van der Waals surface area contributed by atoms with Gasteiger partial charge in [0, 0.05) is 24.2 Å². The summed E-state index contributed by atoms with van der Waals surface area (Å²) in [4.78, 5) is 27.8. The van der Waals surface area contributed by atoms with E-state index >= 15 is 0 Å². The Morgan fingerprint density at radius 3 is 2.26 bits per heavy atom. The van der Waals surface area contributed by atoms with Crippen molar-refractivity contribution in [1.29, 1.82) is 0 Å². The number of hydrogen-bond donors (Lipinski definition) is 3. The van der Waals surface area contributed by atoms with Crippen molar-refractivity contribution >= 4 is 34.7 Å². The fourth-order valence-electron chi connectivity index (χ4n) is 12.3. The summed E-state index contributed by atoms with van der Waals surface area (Å²) in [7, 11) is 0. The number of alkyl halides is 3. The van der Waals surface area contributed by atoms with E-state index in [-0.39, 0.29) is 39.0 Å². The lowest BCUT2D eigenvalue weighted by atomic mass is 9.33. The van der Waals surface area contributed by atoms with E-state index in [0.717, 1.165) is 69.1 Å². The number of ketones is 1. The van der Waals surface area contributed by atoms with Crippen LogP contribution in [-0.4, -0.2) is 29.9 Å². The smallest absolute Gasteiger partial charge is 0.361 e. The second-order valence-corrected chi connectivity index (χ2v) is 18.3. The number of fused-ring (bicyclic) bond motifs is 7. The lowest BCUT2D eigenvalue weighted by molar-refractivity contribution is -0.181. The third-order valence-corrected chi connectivity index (χ3v) is 15.5. The largest absolute Gasteiger partial charge is 0.416 e. The number of nitrogens with one attached hydrogen (secondary N) is 3. The molecule has 1 aromatic rings. The van der Waals surface area contributed by atoms with Crippen LogP contribution in [0.4, 0.5) is 18.9 Å². The van der Waals surface area contributed by atoms with Gasteiger partial charge in [0.2, 0.25) is 5.91 Å². The van der Waals surface area contributed by atoms with Gasteiger partial charge in [-0.05, 0) is 139 Å². The zero-order chi connectivity index (χ0) is 36.7. The van der Waals surface area contributed by atoms with Crippen molar-refractivity contribution < 1.29 is 22.8 Å². The first-order chi connectivity index (χ1) is 23.2. The monoisotopic (exact) mass is 711 g/mol. The van der Waals surface area contributed by atoms with Crippen LogP contribution >= 0.6 is 12.2 Å². The van der Waals surface area contributed by atoms with Gasteiger partial charge >= 0.3 is 6.18 Å². The number of hydrogen-bond acceptors (Lipinski definition) is 3. The molecule has 1 amide bonds. The average molecular weight is 712 g/mol. The summed E-state index contributed by atoms with van der Waals surface area (Å²) in [6, 6.07) is 4.74. The highest BCUT2D eigenvalue weighted by atomic mass is 32.1. The number of anilines is 1. The van der Waals surface area contributed by atoms with Gasteiger partial charge in [-0.1, -0.05) is 66.7 Å². The molecule has 0 bridgehead atoms. The van der Waals surface area contributed by atoms with Crippen molar-refractivity contribution in [3.05, 3.63) is 53.6 Å². The number of amides is 1. The molecule has 6 rings (SSSR count). The first kappa shape index (κ1) is 37.1. The molecule has 3 N–H and O–H groups in total. The molecule has 9 atom stereocenters. The number of Topliss-reactive ketones (excluding diaryl/α,β-unsaturated/α-hetero) is 1. The number of rotatable bonds is 5. The van der Waals surface area contributed by atoms with E-state index < -0.39 is 22.6 Å². The maximum Gasteiger partial charge on any atom is 0.416 e. The van der Waals surface area contributed by atoms with Crippen LogP contribution in [0.25, 0.3) is 0 Å². The molecule has 0 aliphatic heterocycles. The van der Waals surface area contributed by atoms with Gasteiger partial charge in [-0.3, -0.25) is 9.59 Å². The van der Waals surface area contributed by atoms with Crippen LogP contribution in [0.15, 0.2) is 48.1 Å². The highest BCUT2D eigenvalue weighted by Gasteiger charge is 2.69. The molecule has 274 valence electrons. The van der Waals surface area contributed by atoms with Gasteiger partial charge in [-0.25, -0.2) is 0 Å². The zero-order valence-electron chi connectivity index (χ0n) is 30.9. The van der Waals surface area contributed by atoms with Gasteiger partial charge < -0.3 is 16.0 Å². The van der Waals surface area contributed by atoms with Gasteiger partial charge in [-0.2, -0.15) is 13.2 Å². The van der Waals surface area contributed by atoms with Crippen LogP contribution in [0, 0.1) is 56.7 Å². The molecule has 5 aliphatic carbocycles. The highest BCUT2D eigenvalue weighted by Crippen LogP contribution is 2.75. The summed E-state index contributed by atoms with van der Waals surface area (Å²) < 4.78 is 38.8. The van der Waals surface area contributed by atoms with Crippen LogP contribution in [0.3, 0.4) is 0 Å².